The van der Waals surface area contributed by atoms with E-state index in [2.05, 4.69) is 57.4 Å². The number of nitrogens with zero attached hydrogens (tertiary/aromatic N) is 4. The van der Waals surface area contributed by atoms with Crippen molar-refractivity contribution in [2.45, 2.75) is 69.6 Å². The summed E-state index contributed by atoms with van der Waals surface area (Å²) in [7, 11) is 2.30. The summed E-state index contributed by atoms with van der Waals surface area (Å²) in [5, 5.41) is 3.84. The molecule has 4 aliphatic rings. The fraction of sp³-hybridized carbons (Fsp3) is 0.607. The normalized spacial score (nSPS) is 26.1. The predicted molar refractivity (Wildman–Crippen MR) is 135 cm³/mol. The maximum absolute atomic E-state index is 4.78. The van der Waals surface area contributed by atoms with Crippen LogP contribution in [0.4, 0.5) is 5.69 Å². The van der Waals surface area contributed by atoms with E-state index in [-0.39, 0.29) is 0 Å². The number of pyridine rings is 1. The van der Waals surface area contributed by atoms with Crippen LogP contribution in [0.15, 0.2) is 36.5 Å². The van der Waals surface area contributed by atoms with Gasteiger partial charge >= 0.3 is 0 Å². The van der Waals surface area contributed by atoms with Gasteiger partial charge in [-0.2, -0.15) is 0 Å². The van der Waals surface area contributed by atoms with Crippen molar-refractivity contribution < 1.29 is 0 Å². The summed E-state index contributed by atoms with van der Waals surface area (Å²) in [6.45, 7) is 7.10. The number of hydrogen-bond donors (Lipinski definition) is 1. The first-order valence-corrected chi connectivity index (χ1v) is 13.2. The first kappa shape index (κ1) is 21.6. The maximum Gasteiger partial charge on any atom is 0.0607 e. The molecule has 1 aliphatic carbocycles. The summed E-state index contributed by atoms with van der Waals surface area (Å²) in [5.74, 6) is 0. The number of aryl methyl sites for hydroxylation is 1. The SMILES string of the molecule is CN(C[C@H]1Cc2c(cccc2N2CC(N3CCCCC3)C2)CN1)[C@H]1CCCc2cccnc21. The van der Waals surface area contributed by atoms with Crippen molar-refractivity contribution in [3.8, 4) is 0 Å². The third-order valence-corrected chi connectivity index (χ3v) is 8.60. The summed E-state index contributed by atoms with van der Waals surface area (Å²) < 4.78 is 0. The molecule has 5 nitrogen and oxygen atoms in total. The quantitative estimate of drug-likeness (QED) is 0.758. The van der Waals surface area contributed by atoms with E-state index in [1.165, 1.54) is 87.2 Å². The molecule has 0 amide bonds. The zero-order chi connectivity index (χ0) is 22.2. The molecular formula is C28H39N5. The number of aromatic nitrogens is 1. The van der Waals surface area contributed by atoms with Gasteiger partial charge < -0.3 is 10.2 Å². The highest BCUT2D eigenvalue weighted by molar-refractivity contribution is 5.60. The lowest BCUT2D eigenvalue weighted by molar-refractivity contribution is 0.138. The number of likely N-dealkylation sites (N-methyl/N-ethyl adjacent to an activating group) is 1. The van der Waals surface area contributed by atoms with Crippen LogP contribution in [0.3, 0.4) is 0 Å². The van der Waals surface area contributed by atoms with E-state index in [4.69, 9.17) is 4.98 Å². The Bertz CT molecular complexity index is 963. The van der Waals surface area contributed by atoms with Gasteiger partial charge in [0, 0.05) is 50.1 Å². The van der Waals surface area contributed by atoms with Crippen molar-refractivity contribution in [1.82, 2.24) is 20.1 Å². The van der Waals surface area contributed by atoms with Crippen molar-refractivity contribution in [3.05, 3.63) is 58.9 Å². The largest absolute Gasteiger partial charge is 0.368 e. The Morgan fingerprint density at radius 2 is 1.88 bits per heavy atom. The molecule has 0 saturated carbocycles. The van der Waals surface area contributed by atoms with Gasteiger partial charge in [0.15, 0.2) is 0 Å². The zero-order valence-corrected chi connectivity index (χ0v) is 20.2. The molecule has 5 heteroatoms. The van der Waals surface area contributed by atoms with Gasteiger partial charge in [0.05, 0.1) is 11.7 Å². The molecule has 1 N–H and O–H groups in total. The molecule has 2 atom stereocenters. The zero-order valence-electron chi connectivity index (χ0n) is 20.2. The molecule has 2 aromatic rings. The monoisotopic (exact) mass is 445 g/mol. The van der Waals surface area contributed by atoms with E-state index in [1.807, 2.05) is 6.20 Å². The van der Waals surface area contributed by atoms with Crippen LogP contribution in [0.5, 0.6) is 0 Å². The van der Waals surface area contributed by atoms with Gasteiger partial charge in [0.1, 0.15) is 0 Å². The minimum Gasteiger partial charge on any atom is -0.368 e. The topological polar surface area (TPSA) is 34.6 Å². The molecule has 0 unspecified atom stereocenters. The average molecular weight is 446 g/mol. The average Bonchev–Trinajstić information content (AvgIpc) is 2.83. The van der Waals surface area contributed by atoms with E-state index in [9.17, 15) is 0 Å². The van der Waals surface area contributed by atoms with Crippen molar-refractivity contribution in [1.29, 1.82) is 0 Å². The Labute approximate surface area is 199 Å². The number of fused-ring (bicyclic) bond motifs is 2. The van der Waals surface area contributed by atoms with Crippen LogP contribution in [0.25, 0.3) is 0 Å². The molecule has 33 heavy (non-hydrogen) atoms. The van der Waals surface area contributed by atoms with Crippen LogP contribution in [0.1, 0.15) is 60.5 Å². The molecule has 4 heterocycles. The molecule has 1 aromatic heterocycles. The Kier molecular flexibility index (Phi) is 6.12. The number of benzene rings is 1. The summed E-state index contributed by atoms with van der Waals surface area (Å²) >= 11 is 0. The Morgan fingerprint density at radius 1 is 1.03 bits per heavy atom. The fourth-order valence-corrected chi connectivity index (χ4v) is 6.68. The second kappa shape index (κ2) is 9.36. The first-order chi connectivity index (χ1) is 16.3. The number of hydrogen-bond acceptors (Lipinski definition) is 5. The van der Waals surface area contributed by atoms with E-state index in [0.717, 1.165) is 25.6 Å². The molecule has 2 saturated heterocycles. The van der Waals surface area contributed by atoms with Gasteiger partial charge in [-0.3, -0.25) is 14.8 Å². The predicted octanol–water partition coefficient (Wildman–Crippen LogP) is 3.78. The number of piperidine rings is 1. The van der Waals surface area contributed by atoms with Gasteiger partial charge in [-0.25, -0.2) is 0 Å². The highest BCUT2D eigenvalue weighted by Crippen LogP contribution is 2.35. The first-order valence-electron chi connectivity index (χ1n) is 13.2. The van der Waals surface area contributed by atoms with E-state index >= 15 is 0 Å². The van der Waals surface area contributed by atoms with Gasteiger partial charge in [0.2, 0.25) is 0 Å². The third kappa shape index (κ3) is 4.31. The molecular weight excluding hydrogens is 406 g/mol. The minimum absolute atomic E-state index is 0.453. The van der Waals surface area contributed by atoms with E-state index < -0.39 is 0 Å². The Balaban J connectivity index is 1.12. The fourth-order valence-electron chi connectivity index (χ4n) is 6.68. The Morgan fingerprint density at radius 3 is 2.76 bits per heavy atom. The standard InChI is InChI=1S/C28H39N5/c1-31(27-12-5-8-21-10-7-13-29-28(21)27)18-23-16-25-22(17-30-23)9-6-11-26(25)33-19-24(20-33)32-14-3-2-4-15-32/h6-7,9-11,13,23-24,27,30H,2-5,8,12,14-20H2,1H3/t23-,27+/m1/s1. The summed E-state index contributed by atoms with van der Waals surface area (Å²) in [4.78, 5) is 12.7. The van der Waals surface area contributed by atoms with Gasteiger partial charge in [0.25, 0.3) is 0 Å². The minimum atomic E-state index is 0.453. The molecule has 6 rings (SSSR count). The lowest BCUT2D eigenvalue weighted by atomic mass is 9.89. The number of likely N-dealkylation sites (tertiary alicyclic amines) is 1. The van der Waals surface area contributed by atoms with Gasteiger partial charge in [-0.1, -0.05) is 24.6 Å². The molecule has 1 aromatic carbocycles. The molecule has 3 aliphatic heterocycles. The van der Waals surface area contributed by atoms with E-state index in [0.29, 0.717) is 12.1 Å². The van der Waals surface area contributed by atoms with Crippen molar-refractivity contribution in [2.75, 3.05) is 44.7 Å². The van der Waals surface area contributed by atoms with Crippen molar-refractivity contribution in [3.63, 3.8) is 0 Å². The van der Waals surface area contributed by atoms with Crippen molar-refractivity contribution >= 4 is 5.69 Å². The lowest BCUT2D eigenvalue weighted by Crippen LogP contribution is -2.60. The number of rotatable bonds is 5. The summed E-state index contributed by atoms with van der Waals surface area (Å²) in [6, 6.07) is 13.0. The molecule has 0 bridgehead atoms. The second-order valence-electron chi connectivity index (χ2n) is 10.7. The summed E-state index contributed by atoms with van der Waals surface area (Å²) in [6.07, 6.45) is 11.0. The number of anilines is 1. The highest BCUT2D eigenvalue weighted by Gasteiger charge is 2.35. The third-order valence-electron chi connectivity index (χ3n) is 8.60. The Hall–Kier alpha value is -1.95. The van der Waals surface area contributed by atoms with Crippen LogP contribution >= 0.6 is 0 Å². The van der Waals surface area contributed by atoms with Crippen LogP contribution in [-0.2, 0) is 19.4 Å². The van der Waals surface area contributed by atoms with Crippen LogP contribution in [0, 0.1) is 0 Å². The molecule has 176 valence electrons. The smallest absolute Gasteiger partial charge is 0.0607 e. The maximum atomic E-state index is 4.78. The molecule has 2 fully saturated rings. The summed E-state index contributed by atoms with van der Waals surface area (Å²) in [5.41, 5.74) is 7.35. The van der Waals surface area contributed by atoms with Gasteiger partial charge in [-0.15, -0.1) is 0 Å². The van der Waals surface area contributed by atoms with E-state index in [1.54, 1.807) is 5.56 Å². The highest BCUT2D eigenvalue weighted by atomic mass is 15.3. The second-order valence-corrected chi connectivity index (χ2v) is 10.7. The van der Waals surface area contributed by atoms with Crippen LogP contribution < -0.4 is 10.2 Å². The molecule has 0 radical (unpaired) electrons. The molecule has 0 spiro atoms. The van der Waals surface area contributed by atoms with Crippen molar-refractivity contribution in [2.24, 2.45) is 0 Å². The lowest BCUT2D eigenvalue weighted by Gasteiger charge is -2.49. The number of nitrogens with one attached hydrogen (secondary N) is 1. The van der Waals surface area contributed by atoms with Gasteiger partial charge in [-0.05, 0) is 87.5 Å². The van der Waals surface area contributed by atoms with Crippen LogP contribution in [-0.4, -0.2) is 66.6 Å². The van der Waals surface area contributed by atoms with Crippen LogP contribution in [0.2, 0.25) is 0 Å².